The van der Waals surface area contributed by atoms with Gasteiger partial charge in [-0.25, -0.2) is 0 Å². The lowest BCUT2D eigenvalue weighted by Gasteiger charge is -2.27. The third-order valence-electron chi connectivity index (χ3n) is 3.14. The lowest BCUT2D eigenvalue weighted by Crippen LogP contribution is -2.53. The van der Waals surface area contributed by atoms with Gasteiger partial charge in [0.1, 0.15) is 11.3 Å². The molecule has 0 aliphatic carbocycles. The van der Waals surface area contributed by atoms with E-state index in [0.29, 0.717) is 17.9 Å². The van der Waals surface area contributed by atoms with Gasteiger partial charge < -0.3 is 4.74 Å². The number of hydrogen-bond donors (Lipinski definition) is 1. The Hall–Kier alpha value is -2.47. The van der Waals surface area contributed by atoms with Crippen LogP contribution in [-0.2, 0) is 9.59 Å². The Bertz CT molecular complexity index is 682. The highest BCUT2D eigenvalue weighted by Gasteiger charge is 2.32. The van der Waals surface area contributed by atoms with Crippen LogP contribution in [-0.4, -0.2) is 35.0 Å². The maximum Gasteiger partial charge on any atom is 0.265 e. The Morgan fingerprint density at radius 1 is 1.39 bits per heavy atom. The van der Waals surface area contributed by atoms with Gasteiger partial charge in [0, 0.05) is 6.54 Å². The van der Waals surface area contributed by atoms with Gasteiger partial charge in [-0.3, -0.25) is 19.8 Å². The molecule has 2 rings (SSSR count). The van der Waals surface area contributed by atoms with Crippen molar-refractivity contribution >= 4 is 35.2 Å². The maximum absolute atomic E-state index is 12.4. The standard InChI is InChI=1S/C17H18N2O3S/c1-3-8-19-16(21)14(15(20)18-17(19)23)11-12-6-5-7-13(10-12)22-9-4-2/h3,5-7,10-11H,1,4,8-9H2,2H3,(H,18,20,23). The van der Waals surface area contributed by atoms with Crippen LogP contribution < -0.4 is 10.1 Å². The molecule has 0 bridgehead atoms. The first-order valence-electron chi connectivity index (χ1n) is 7.29. The number of ether oxygens (including phenoxy) is 1. The predicted octanol–water partition coefficient (Wildman–Crippen LogP) is 2.29. The van der Waals surface area contributed by atoms with Crippen LogP contribution in [0, 0.1) is 0 Å². The van der Waals surface area contributed by atoms with Gasteiger partial charge in [-0.1, -0.05) is 25.1 Å². The molecule has 1 fully saturated rings. The number of thiocarbonyl (C=S) groups is 1. The number of nitrogens with zero attached hydrogens (tertiary/aromatic N) is 1. The molecule has 23 heavy (non-hydrogen) atoms. The third-order valence-corrected chi connectivity index (χ3v) is 3.46. The van der Waals surface area contributed by atoms with Crippen molar-refractivity contribution in [2.24, 2.45) is 0 Å². The number of rotatable bonds is 6. The number of amides is 2. The Kier molecular flexibility index (Phi) is 5.65. The molecule has 1 N–H and O–H groups in total. The van der Waals surface area contributed by atoms with Crippen molar-refractivity contribution in [3.8, 4) is 5.75 Å². The molecule has 120 valence electrons. The highest BCUT2D eigenvalue weighted by molar-refractivity contribution is 7.80. The second-order valence-electron chi connectivity index (χ2n) is 4.94. The van der Waals surface area contributed by atoms with Crippen LogP contribution in [0.2, 0.25) is 0 Å². The zero-order valence-corrected chi connectivity index (χ0v) is 13.7. The summed E-state index contributed by atoms with van der Waals surface area (Å²) in [5.41, 5.74) is 0.747. The summed E-state index contributed by atoms with van der Waals surface area (Å²) < 4.78 is 5.56. The summed E-state index contributed by atoms with van der Waals surface area (Å²) in [5, 5.41) is 2.61. The molecule has 1 aromatic carbocycles. The quantitative estimate of drug-likeness (QED) is 0.376. The van der Waals surface area contributed by atoms with E-state index in [9.17, 15) is 9.59 Å². The SMILES string of the molecule is C=CCN1C(=O)C(=Cc2cccc(OCCC)c2)C(=O)NC1=S. The second-order valence-corrected chi connectivity index (χ2v) is 5.33. The molecule has 1 aliphatic rings. The first-order chi connectivity index (χ1) is 11.1. The topological polar surface area (TPSA) is 58.6 Å². The van der Waals surface area contributed by atoms with Crippen molar-refractivity contribution in [1.82, 2.24) is 10.2 Å². The first kappa shape index (κ1) is 16.9. The fourth-order valence-electron chi connectivity index (χ4n) is 2.07. The van der Waals surface area contributed by atoms with Gasteiger partial charge in [0.2, 0.25) is 0 Å². The smallest absolute Gasteiger partial charge is 0.265 e. The Balaban J connectivity index is 2.29. The summed E-state index contributed by atoms with van der Waals surface area (Å²) in [7, 11) is 0. The lowest BCUT2D eigenvalue weighted by atomic mass is 10.1. The van der Waals surface area contributed by atoms with Crippen molar-refractivity contribution in [3.05, 3.63) is 48.1 Å². The molecule has 0 atom stereocenters. The van der Waals surface area contributed by atoms with E-state index in [2.05, 4.69) is 11.9 Å². The fraction of sp³-hybridized carbons (Fsp3) is 0.235. The first-order valence-corrected chi connectivity index (χ1v) is 7.70. The number of hydrogen-bond acceptors (Lipinski definition) is 4. The summed E-state index contributed by atoms with van der Waals surface area (Å²) >= 11 is 5.01. The molecule has 6 heteroatoms. The van der Waals surface area contributed by atoms with Crippen LogP contribution >= 0.6 is 12.2 Å². The molecule has 1 aromatic rings. The van der Waals surface area contributed by atoms with Crippen molar-refractivity contribution < 1.29 is 14.3 Å². The van der Waals surface area contributed by atoms with Gasteiger partial charge >= 0.3 is 0 Å². The van der Waals surface area contributed by atoms with E-state index in [1.165, 1.54) is 11.0 Å². The van der Waals surface area contributed by atoms with E-state index in [1.54, 1.807) is 18.2 Å². The second kappa shape index (κ2) is 7.69. The molecule has 0 aromatic heterocycles. The Morgan fingerprint density at radius 3 is 2.87 bits per heavy atom. The average molecular weight is 330 g/mol. The normalized spacial score (nSPS) is 16.5. The van der Waals surface area contributed by atoms with Crippen LogP contribution in [0.5, 0.6) is 5.75 Å². The maximum atomic E-state index is 12.4. The molecule has 2 amide bonds. The van der Waals surface area contributed by atoms with Crippen molar-refractivity contribution in [2.45, 2.75) is 13.3 Å². The zero-order valence-electron chi connectivity index (χ0n) is 12.9. The molecule has 0 saturated carbocycles. The van der Waals surface area contributed by atoms with Crippen LogP contribution in [0.4, 0.5) is 0 Å². The minimum absolute atomic E-state index is 0.0353. The van der Waals surface area contributed by atoms with Crippen LogP contribution in [0.3, 0.4) is 0 Å². The molecule has 1 heterocycles. The van der Waals surface area contributed by atoms with Gasteiger partial charge in [0.15, 0.2) is 5.11 Å². The van der Waals surface area contributed by atoms with E-state index in [-0.39, 0.29) is 17.2 Å². The summed E-state index contributed by atoms with van der Waals surface area (Å²) in [4.78, 5) is 25.8. The van der Waals surface area contributed by atoms with Crippen LogP contribution in [0.25, 0.3) is 6.08 Å². The molecule has 0 unspecified atom stereocenters. The van der Waals surface area contributed by atoms with Gasteiger partial charge in [0.25, 0.3) is 11.8 Å². The van der Waals surface area contributed by atoms with Crippen LogP contribution in [0.1, 0.15) is 18.9 Å². The Labute approximate surface area is 140 Å². The number of benzene rings is 1. The molecule has 1 saturated heterocycles. The van der Waals surface area contributed by atoms with E-state index in [4.69, 9.17) is 17.0 Å². The molecule has 1 aliphatic heterocycles. The van der Waals surface area contributed by atoms with Gasteiger partial charge in [-0.15, -0.1) is 6.58 Å². The summed E-state index contributed by atoms with van der Waals surface area (Å²) in [6, 6.07) is 7.24. The highest BCUT2D eigenvalue weighted by atomic mass is 32.1. The third kappa shape index (κ3) is 4.04. The van der Waals surface area contributed by atoms with Gasteiger partial charge in [-0.05, 0) is 42.4 Å². The minimum Gasteiger partial charge on any atom is -0.494 e. The molecular formula is C17H18N2O3S. The number of carbonyl (C=O) groups excluding carboxylic acids is 2. The predicted molar refractivity (Wildman–Crippen MR) is 92.9 cm³/mol. The average Bonchev–Trinajstić information content (AvgIpc) is 2.54. The van der Waals surface area contributed by atoms with Crippen molar-refractivity contribution in [1.29, 1.82) is 0 Å². The van der Waals surface area contributed by atoms with E-state index >= 15 is 0 Å². The fourth-order valence-corrected chi connectivity index (χ4v) is 2.32. The molecule has 5 nitrogen and oxygen atoms in total. The number of nitrogens with one attached hydrogen (secondary N) is 1. The van der Waals surface area contributed by atoms with Gasteiger partial charge in [-0.2, -0.15) is 0 Å². The summed E-state index contributed by atoms with van der Waals surface area (Å²) in [6.07, 6.45) is 3.99. The van der Waals surface area contributed by atoms with Gasteiger partial charge in [0.05, 0.1) is 6.61 Å². The zero-order chi connectivity index (χ0) is 16.8. The molecule has 0 spiro atoms. The minimum atomic E-state index is -0.500. The van der Waals surface area contributed by atoms with Crippen LogP contribution in [0.15, 0.2) is 42.5 Å². The molecule has 0 radical (unpaired) electrons. The highest BCUT2D eigenvalue weighted by Crippen LogP contribution is 2.19. The van der Waals surface area contributed by atoms with E-state index in [1.807, 2.05) is 19.1 Å². The summed E-state index contributed by atoms with van der Waals surface area (Å²) in [5.74, 6) is -0.234. The molecular weight excluding hydrogens is 312 g/mol. The van der Waals surface area contributed by atoms with E-state index < -0.39 is 11.8 Å². The largest absolute Gasteiger partial charge is 0.494 e. The number of carbonyl (C=O) groups is 2. The lowest BCUT2D eigenvalue weighted by molar-refractivity contribution is -0.128. The van der Waals surface area contributed by atoms with Crippen molar-refractivity contribution in [2.75, 3.05) is 13.2 Å². The van der Waals surface area contributed by atoms with E-state index in [0.717, 1.165) is 6.42 Å². The monoisotopic (exact) mass is 330 g/mol. The van der Waals surface area contributed by atoms with Crippen molar-refractivity contribution in [3.63, 3.8) is 0 Å². The Morgan fingerprint density at radius 2 is 2.17 bits per heavy atom. The summed E-state index contributed by atoms with van der Waals surface area (Å²) in [6.45, 7) is 6.47.